The Bertz CT molecular complexity index is 1190. The van der Waals surface area contributed by atoms with E-state index in [1.54, 1.807) is 0 Å². The van der Waals surface area contributed by atoms with E-state index in [2.05, 4.69) is 34.9 Å². The highest BCUT2D eigenvalue weighted by Crippen LogP contribution is 2.51. The first-order valence-corrected chi connectivity index (χ1v) is 14.3. The molecule has 1 amide bonds. The lowest BCUT2D eigenvalue weighted by Crippen LogP contribution is -2.55. The van der Waals surface area contributed by atoms with Gasteiger partial charge in [-0.3, -0.25) is 9.69 Å². The predicted molar refractivity (Wildman–Crippen MR) is 149 cm³/mol. The lowest BCUT2D eigenvalue weighted by atomic mass is 9.93. The first-order chi connectivity index (χ1) is 17.9. The molecule has 6 nitrogen and oxygen atoms in total. The Labute approximate surface area is 227 Å². The molecule has 38 heavy (non-hydrogen) atoms. The summed E-state index contributed by atoms with van der Waals surface area (Å²) in [6, 6.07) is 13.0. The zero-order chi connectivity index (χ0) is 27.3. The minimum atomic E-state index is -0.717. The van der Waals surface area contributed by atoms with E-state index < -0.39 is 11.3 Å². The van der Waals surface area contributed by atoms with Gasteiger partial charge >= 0.3 is 6.09 Å². The molecule has 1 aromatic carbocycles. The van der Waals surface area contributed by atoms with Crippen LogP contribution in [0.3, 0.4) is 0 Å². The number of aryl methyl sites for hydroxylation is 1. The molecule has 0 unspecified atom stereocenters. The average molecular weight is 521 g/mol. The summed E-state index contributed by atoms with van der Waals surface area (Å²) in [5.74, 6) is 1.23. The topological polar surface area (TPSA) is 60.8 Å². The molecule has 206 valence electrons. The summed E-state index contributed by atoms with van der Waals surface area (Å²) in [5, 5.41) is 0. The second-order valence-electron chi connectivity index (χ2n) is 13.2. The molecule has 6 heteroatoms. The van der Waals surface area contributed by atoms with Gasteiger partial charge in [0.15, 0.2) is 5.78 Å². The summed E-state index contributed by atoms with van der Waals surface area (Å²) in [6.45, 7) is 10.1. The minimum absolute atomic E-state index is 0.196. The van der Waals surface area contributed by atoms with Crippen molar-refractivity contribution in [3.05, 3.63) is 58.9 Å². The number of carbonyl (C=O) groups is 2. The summed E-state index contributed by atoms with van der Waals surface area (Å²) >= 11 is 0. The molecule has 1 saturated heterocycles. The standard InChI is InChI=1S/C32H44N2O4/c1-30(2,3)38-29(36)34-31(4,5)37-21-32(34)19-18-25(20-32)26-16-17-27(33(26)6)28(35)9-7-8-22-10-12-23(13-11-22)24-14-15-24/h10-13,16-17,24-25H,7-9,14-15,18-21H2,1-6H3/t25-,32+/m0/s1. The molecule has 1 aliphatic heterocycles. The number of aromatic nitrogens is 1. The van der Waals surface area contributed by atoms with E-state index in [4.69, 9.17) is 9.47 Å². The van der Waals surface area contributed by atoms with Crippen LogP contribution >= 0.6 is 0 Å². The zero-order valence-corrected chi connectivity index (χ0v) is 24.0. The molecule has 1 spiro atoms. The van der Waals surface area contributed by atoms with Crippen LogP contribution in [0.2, 0.25) is 0 Å². The first-order valence-electron chi connectivity index (χ1n) is 14.3. The van der Waals surface area contributed by atoms with Crippen molar-refractivity contribution >= 4 is 11.9 Å². The number of carbonyl (C=O) groups excluding carboxylic acids is 2. The van der Waals surface area contributed by atoms with Gasteiger partial charge in [0.05, 0.1) is 17.8 Å². The fourth-order valence-electron chi connectivity index (χ4n) is 6.60. The lowest BCUT2D eigenvalue weighted by Gasteiger charge is -2.40. The largest absolute Gasteiger partial charge is 0.444 e. The molecule has 0 radical (unpaired) electrons. The number of amides is 1. The Morgan fingerprint density at radius 2 is 1.74 bits per heavy atom. The van der Waals surface area contributed by atoms with E-state index >= 15 is 0 Å². The van der Waals surface area contributed by atoms with Gasteiger partial charge in [0.1, 0.15) is 11.3 Å². The maximum atomic E-state index is 13.3. The highest BCUT2D eigenvalue weighted by Gasteiger charge is 2.58. The van der Waals surface area contributed by atoms with Crippen molar-refractivity contribution in [2.75, 3.05) is 6.61 Å². The summed E-state index contributed by atoms with van der Waals surface area (Å²) in [7, 11) is 2.00. The van der Waals surface area contributed by atoms with E-state index in [0.717, 1.165) is 49.4 Å². The molecule has 1 aromatic heterocycles. The SMILES string of the molecule is Cn1c(C(=O)CCCc2ccc(C3CC3)cc2)ccc1[C@H]1CC[C@]2(COC(C)(C)N2C(=O)OC(C)(C)C)C1. The van der Waals surface area contributed by atoms with Crippen LogP contribution in [0.4, 0.5) is 4.79 Å². The van der Waals surface area contributed by atoms with Crippen LogP contribution in [-0.2, 0) is 22.9 Å². The van der Waals surface area contributed by atoms with Crippen LogP contribution in [0.1, 0.15) is 119 Å². The number of hydrogen-bond acceptors (Lipinski definition) is 4. The molecule has 2 saturated carbocycles. The van der Waals surface area contributed by atoms with Crippen molar-refractivity contribution in [3.63, 3.8) is 0 Å². The van der Waals surface area contributed by atoms with Crippen LogP contribution in [0.15, 0.2) is 36.4 Å². The summed E-state index contributed by atoms with van der Waals surface area (Å²) in [6.07, 6.45) is 7.26. The van der Waals surface area contributed by atoms with Gasteiger partial charge < -0.3 is 14.0 Å². The molecule has 2 aromatic rings. The van der Waals surface area contributed by atoms with Gasteiger partial charge in [-0.2, -0.15) is 0 Å². The van der Waals surface area contributed by atoms with Gasteiger partial charge in [-0.05, 0) is 109 Å². The zero-order valence-electron chi connectivity index (χ0n) is 24.0. The molecule has 2 heterocycles. The van der Waals surface area contributed by atoms with E-state index in [-0.39, 0.29) is 23.3 Å². The number of ketones is 1. The van der Waals surface area contributed by atoms with Crippen molar-refractivity contribution < 1.29 is 19.1 Å². The highest BCUT2D eigenvalue weighted by molar-refractivity contribution is 5.94. The van der Waals surface area contributed by atoms with Crippen molar-refractivity contribution in [1.82, 2.24) is 9.47 Å². The van der Waals surface area contributed by atoms with E-state index in [0.29, 0.717) is 13.0 Å². The molecule has 2 aliphatic carbocycles. The van der Waals surface area contributed by atoms with Crippen LogP contribution in [0, 0.1) is 0 Å². The molecule has 3 aliphatic rings. The molecule has 0 bridgehead atoms. The predicted octanol–water partition coefficient (Wildman–Crippen LogP) is 7.12. The fraction of sp³-hybridized carbons (Fsp3) is 0.625. The Hall–Kier alpha value is -2.60. The van der Waals surface area contributed by atoms with Gasteiger partial charge in [0.2, 0.25) is 0 Å². The average Bonchev–Trinajstić information content (AvgIpc) is 3.40. The normalized spacial score (nSPS) is 24.8. The fourth-order valence-corrected chi connectivity index (χ4v) is 6.60. The van der Waals surface area contributed by atoms with Crippen LogP contribution in [0.5, 0.6) is 0 Å². The lowest BCUT2D eigenvalue weighted by molar-refractivity contribution is -0.0688. The van der Waals surface area contributed by atoms with Gasteiger partial charge in [-0.1, -0.05) is 24.3 Å². The van der Waals surface area contributed by atoms with Gasteiger partial charge in [-0.15, -0.1) is 0 Å². The second-order valence-corrected chi connectivity index (χ2v) is 13.2. The number of hydrogen-bond donors (Lipinski definition) is 0. The van der Waals surface area contributed by atoms with Crippen LogP contribution in [0.25, 0.3) is 0 Å². The third-order valence-corrected chi connectivity index (χ3v) is 8.63. The quantitative estimate of drug-likeness (QED) is 0.365. The monoisotopic (exact) mass is 520 g/mol. The summed E-state index contributed by atoms with van der Waals surface area (Å²) in [4.78, 5) is 28.2. The maximum Gasteiger partial charge on any atom is 0.413 e. The third kappa shape index (κ3) is 5.42. The van der Waals surface area contributed by atoms with Crippen molar-refractivity contribution in [2.24, 2.45) is 7.05 Å². The molecular weight excluding hydrogens is 476 g/mol. The molecular formula is C32H44N2O4. The summed E-state index contributed by atoms with van der Waals surface area (Å²) in [5.41, 5.74) is 3.03. The Morgan fingerprint density at radius 3 is 2.39 bits per heavy atom. The van der Waals surface area contributed by atoms with Gasteiger partial charge in [0, 0.05) is 25.1 Å². The Morgan fingerprint density at radius 1 is 1.03 bits per heavy atom. The molecule has 0 N–H and O–H groups in total. The first kappa shape index (κ1) is 27.0. The second kappa shape index (κ2) is 9.86. The van der Waals surface area contributed by atoms with E-state index in [1.165, 1.54) is 24.0 Å². The third-order valence-electron chi connectivity index (χ3n) is 8.63. The summed E-state index contributed by atoms with van der Waals surface area (Å²) < 4.78 is 14.0. The van der Waals surface area contributed by atoms with Gasteiger partial charge in [-0.25, -0.2) is 4.79 Å². The number of ether oxygens (including phenoxy) is 2. The van der Waals surface area contributed by atoms with Crippen molar-refractivity contribution in [1.29, 1.82) is 0 Å². The molecule has 2 atom stereocenters. The van der Waals surface area contributed by atoms with E-state index in [9.17, 15) is 9.59 Å². The van der Waals surface area contributed by atoms with Crippen molar-refractivity contribution in [2.45, 2.75) is 115 Å². The Balaban J connectivity index is 1.22. The smallest absolute Gasteiger partial charge is 0.413 e. The molecule has 3 fully saturated rings. The van der Waals surface area contributed by atoms with Crippen LogP contribution < -0.4 is 0 Å². The highest BCUT2D eigenvalue weighted by atomic mass is 16.6. The van der Waals surface area contributed by atoms with Gasteiger partial charge in [0.25, 0.3) is 0 Å². The number of Topliss-reactive ketones (excluding diaryl/α,β-unsaturated/α-hetero) is 1. The van der Waals surface area contributed by atoms with Crippen molar-refractivity contribution in [3.8, 4) is 0 Å². The number of benzene rings is 1. The minimum Gasteiger partial charge on any atom is -0.444 e. The van der Waals surface area contributed by atoms with Crippen LogP contribution in [-0.4, -0.2) is 44.8 Å². The Kier molecular flexibility index (Phi) is 7.00. The number of rotatable bonds is 7. The molecule has 5 rings (SSSR count). The maximum absolute atomic E-state index is 13.3. The number of nitrogens with zero attached hydrogens (tertiary/aromatic N) is 2. The van der Waals surface area contributed by atoms with E-state index in [1.807, 2.05) is 52.6 Å².